The molecule has 1 fully saturated rings. The number of halogens is 6. The van der Waals surface area contributed by atoms with E-state index in [1.807, 2.05) is 0 Å². The fourth-order valence-corrected chi connectivity index (χ4v) is 2.69. The van der Waals surface area contributed by atoms with Crippen molar-refractivity contribution in [1.29, 1.82) is 0 Å². The Bertz CT molecular complexity index is 683. The molecule has 0 bridgehead atoms. The molecule has 2 N–H and O–H groups in total. The Morgan fingerprint density at radius 3 is 2.40 bits per heavy atom. The predicted molar refractivity (Wildman–Crippen MR) is 77.7 cm³/mol. The van der Waals surface area contributed by atoms with Crippen LogP contribution in [-0.2, 0) is 4.79 Å². The van der Waals surface area contributed by atoms with Gasteiger partial charge in [-0.2, -0.15) is 13.2 Å². The lowest BCUT2D eigenvalue weighted by Crippen LogP contribution is -2.35. The molecule has 1 aromatic rings. The van der Waals surface area contributed by atoms with E-state index in [4.69, 9.17) is 16.7 Å². The molecular weight excluding hydrogens is 375 g/mol. The molecule has 5 nitrogen and oxygen atoms in total. The maximum Gasteiger partial charge on any atom is 0.394 e. The maximum absolute atomic E-state index is 12.9. The van der Waals surface area contributed by atoms with Gasteiger partial charge in [-0.15, -0.1) is 0 Å². The van der Waals surface area contributed by atoms with Crippen LogP contribution in [0.3, 0.4) is 0 Å². The lowest BCUT2D eigenvalue weighted by Gasteiger charge is -2.19. The number of nitrogens with one attached hydrogen (secondary N) is 1. The van der Waals surface area contributed by atoms with Crippen LogP contribution >= 0.6 is 11.6 Å². The summed E-state index contributed by atoms with van der Waals surface area (Å²) in [6, 6.07) is 2.00. The molecule has 2 atom stereocenters. The highest BCUT2D eigenvalue weighted by atomic mass is 35.5. The van der Waals surface area contributed by atoms with E-state index in [9.17, 15) is 31.5 Å². The van der Waals surface area contributed by atoms with Gasteiger partial charge in [-0.25, -0.2) is 13.6 Å². The van der Waals surface area contributed by atoms with Crippen molar-refractivity contribution in [2.75, 3.05) is 18.4 Å². The molecule has 1 heterocycles. The minimum Gasteiger partial charge on any atom is -0.481 e. The van der Waals surface area contributed by atoms with Crippen LogP contribution in [-0.4, -0.2) is 41.3 Å². The Kier molecular flexibility index (Phi) is 5.40. The molecule has 2 rings (SSSR count). The summed E-state index contributed by atoms with van der Waals surface area (Å²) in [5.41, 5.74) is -0.635. The Hall–Kier alpha value is -2.10. The van der Waals surface area contributed by atoms with E-state index in [-0.39, 0.29) is 10.7 Å². The lowest BCUT2D eigenvalue weighted by molar-refractivity contribution is -0.187. The van der Waals surface area contributed by atoms with Crippen LogP contribution in [0.5, 0.6) is 0 Å². The highest BCUT2D eigenvalue weighted by molar-refractivity contribution is 6.33. The minimum absolute atomic E-state index is 0.0842. The SMILES string of the molecule is O=C(O)[C@@H]1CN(C(=O)Nc2cc(C(F)F)ccc2Cl)C[C@H]1C(F)(F)F. The van der Waals surface area contributed by atoms with Gasteiger partial charge in [0, 0.05) is 18.7 Å². The number of anilines is 1. The second kappa shape index (κ2) is 7.03. The first-order valence-corrected chi connectivity index (χ1v) is 7.31. The zero-order valence-corrected chi connectivity index (χ0v) is 13.1. The molecule has 25 heavy (non-hydrogen) atoms. The first-order chi connectivity index (χ1) is 11.5. The zero-order valence-electron chi connectivity index (χ0n) is 12.4. The molecule has 0 spiro atoms. The number of urea groups is 1. The third-order valence-corrected chi connectivity index (χ3v) is 4.16. The Labute approximate surface area is 143 Å². The molecule has 0 unspecified atom stereocenters. The number of carboxylic acid groups (broad SMARTS) is 1. The second-order valence-electron chi connectivity index (χ2n) is 5.47. The number of hydrogen-bond donors (Lipinski definition) is 2. The predicted octanol–water partition coefficient (Wildman–Crippen LogP) is 4.00. The highest BCUT2D eigenvalue weighted by Crippen LogP contribution is 2.38. The molecule has 1 aliphatic rings. The van der Waals surface area contributed by atoms with Gasteiger partial charge in [0.2, 0.25) is 0 Å². The molecule has 1 aromatic carbocycles. The smallest absolute Gasteiger partial charge is 0.394 e. The van der Waals surface area contributed by atoms with Crippen LogP contribution in [0.15, 0.2) is 18.2 Å². The number of carbonyl (C=O) groups excluding carboxylic acids is 1. The highest BCUT2D eigenvalue weighted by Gasteiger charge is 2.53. The third-order valence-electron chi connectivity index (χ3n) is 3.83. The van der Waals surface area contributed by atoms with Crippen LogP contribution in [0, 0.1) is 11.8 Å². The van der Waals surface area contributed by atoms with Crippen LogP contribution in [0.25, 0.3) is 0 Å². The molecule has 1 aliphatic heterocycles. The summed E-state index contributed by atoms with van der Waals surface area (Å²) in [7, 11) is 0. The van der Waals surface area contributed by atoms with Crippen molar-refractivity contribution >= 4 is 29.3 Å². The number of nitrogens with zero attached hydrogens (tertiary/aromatic N) is 1. The van der Waals surface area contributed by atoms with Gasteiger partial charge in [0.1, 0.15) is 0 Å². The number of alkyl halides is 5. The van der Waals surface area contributed by atoms with E-state index >= 15 is 0 Å². The number of likely N-dealkylation sites (tertiary alicyclic amines) is 1. The van der Waals surface area contributed by atoms with E-state index in [2.05, 4.69) is 5.32 Å². The summed E-state index contributed by atoms with van der Waals surface area (Å²) in [6.45, 7) is -1.50. The fourth-order valence-electron chi connectivity index (χ4n) is 2.52. The first kappa shape index (κ1) is 19.2. The van der Waals surface area contributed by atoms with Gasteiger partial charge in [0.05, 0.1) is 22.5 Å². The summed E-state index contributed by atoms with van der Waals surface area (Å²) in [6.07, 6.45) is -7.61. The van der Waals surface area contributed by atoms with E-state index in [0.717, 1.165) is 18.2 Å². The summed E-state index contributed by atoms with van der Waals surface area (Å²) in [5.74, 6) is -5.68. The number of rotatable bonds is 3. The molecule has 0 saturated carbocycles. The van der Waals surface area contributed by atoms with E-state index < -0.39 is 55.1 Å². The van der Waals surface area contributed by atoms with Crippen molar-refractivity contribution in [3.05, 3.63) is 28.8 Å². The lowest BCUT2D eigenvalue weighted by atomic mass is 9.96. The van der Waals surface area contributed by atoms with Crippen molar-refractivity contribution < 1.29 is 36.6 Å². The van der Waals surface area contributed by atoms with Gasteiger partial charge >= 0.3 is 18.2 Å². The van der Waals surface area contributed by atoms with Crippen LogP contribution in [0.4, 0.5) is 32.4 Å². The topological polar surface area (TPSA) is 69.6 Å². The molecule has 138 valence electrons. The van der Waals surface area contributed by atoms with E-state index in [1.54, 1.807) is 0 Å². The average Bonchev–Trinajstić information content (AvgIpc) is 2.95. The van der Waals surface area contributed by atoms with Crippen LogP contribution in [0.1, 0.15) is 12.0 Å². The van der Waals surface area contributed by atoms with E-state index in [1.165, 1.54) is 0 Å². The van der Waals surface area contributed by atoms with Gasteiger partial charge in [-0.3, -0.25) is 4.79 Å². The quantitative estimate of drug-likeness (QED) is 0.771. The number of amides is 2. The fraction of sp³-hybridized carbons (Fsp3) is 0.429. The van der Waals surface area contributed by atoms with Crippen molar-refractivity contribution in [3.63, 3.8) is 0 Å². The summed E-state index contributed by atoms with van der Waals surface area (Å²) < 4.78 is 64.1. The Morgan fingerprint density at radius 1 is 1.28 bits per heavy atom. The maximum atomic E-state index is 12.9. The van der Waals surface area contributed by atoms with Crippen molar-refractivity contribution in [2.24, 2.45) is 11.8 Å². The zero-order chi connectivity index (χ0) is 18.9. The third kappa shape index (κ3) is 4.30. The minimum atomic E-state index is -4.79. The van der Waals surface area contributed by atoms with E-state index in [0.29, 0.717) is 4.90 Å². The molecular formula is C14H12ClF5N2O3. The van der Waals surface area contributed by atoms with Crippen molar-refractivity contribution in [3.8, 4) is 0 Å². The molecule has 0 aromatic heterocycles. The first-order valence-electron chi connectivity index (χ1n) is 6.93. The van der Waals surface area contributed by atoms with Gasteiger partial charge in [0.25, 0.3) is 6.43 Å². The largest absolute Gasteiger partial charge is 0.481 e. The standard InChI is InChI=1S/C14H12ClF5N2O3/c15-9-2-1-6(11(16)17)3-10(9)21-13(25)22-4-7(12(23)24)8(5-22)14(18,19)20/h1-3,7-8,11H,4-5H2,(H,21,25)(H,23,24)/t7-,8-/m1/s1. The number of hydrogen-bond acceptors (Lipinski definition) is 2. The monoisotopic (exact) mass is 386 g/mol. The van der Waals surface area contributed by atoms with Gasteiger partial charge in [-0.1, -0.05) is 17.7 Å². The second-order valence-corrected chi connectivity index (χ2v) is 5.88. The Morgan fingerprint density at radius 2 is 1.92 bits per heavy atom. The number of benzene rings is 1. The average molecular weight is 387 g/mol. The van der Waals surface area contributed by atoms with Crippen LogP contribution in [0.2, 0.25) is 5.02 Å². The molecule has 1 saturated heterocycles. The summed E-state index contributed by atoms with van der Waals surface area (Å²) in [5, 5.41) is 11.0. The van der Waals surface area contributed by atoms with Crippen molar-refractivity contribution in [2.45, 2.75) is 12.6 Å². The molecule has 0 aliphatic carbocycles. The van der Waals surface area contributed by atoms with Gasteiger partial charge in [-0.05, 0) is 12.1 Å². The summed E-state index contributed by atoms with van der Waals surface area (Å²) in [4.78, 5) is 23.8. The normalized spacial score (nSPS) is 20.8. The van der Waals surface area contributed by atoms with Gasteiger partial charge in [0.15, 0.2) is 0 Å². The van der Waals surface area contributed by atoms with Gasteiger partial charge < -0.3 is 15.3 Å². The Balaban J connectivity index is 2.17. The molecule has 0 radical (unpaired) electrons. The van der Waals surface area contributed by atoms with Crippen molar-refractivity contribution in [1.82, 2.24) is 4.90 Å². The number of carbonyl (C=O) groups is 2. The van der Waals surface area contributed by atoms with Crippen LogP contribution < -0.4 is 5.32 Å². The number of aliphatic carboxylic acids is 1. The summed E-state index contributed by atoms with van der Waals surface area (Å²) >= 11 is 5.78. The molecule has 11 heteroatoms. The number of carboxylic acids is 1. The molecule has 2 amide bonds.